The van der Waals surface area contributed by atoms with Gasteiger partial charge in [0.25, 0.3) is 5.56 Å². The summed E-state index contributed by atoms with van der Waals surface area (Å²) in [6, 6.07) is -0.203. The quantitative estimate of drug-likeness (QED) is 0.401. The van der Waals surface area contributed by atoms with Crippen LogP contribution >= 0.6 is 7.60 Å². The number of aromatic amines is 1. The van der Waals surface area contributed by atoms with Crippen LogP contribution in [-0.2, 0) is 9.30 Å². The summed E-state index contributed by atoms with van der Waals surface area (Å²) in [6.45, 7) is 1.01. The highest BCUT2D eigenvalue weighted by molar-refractivity contribution is 7.51. The fourth-order valence-electron chi connectivity index (χ4n) is 2.60. The first-order valence-corrected chi connectivity index (χ1v) is 8.74. The average Bonchev–Trinajstić information content (AvgIpc) is 3.03. The van der Waals surface area contributed by atoms with Crippen LogP contribution < -0.4 is 16.6 Å². The molecular formula is C11H17N6O5P. The lowest BCUT2D eigenvalue weighted by atomic mass is 10.2. The number of hydrogen-bond donors (Lipinski definition) is 5. The van der Waals surface area contributed by atoms with Gasteiger partial charge in [0.1, 0.15) is 0 Å². The van der Waals surface area contributed by atoms with Crippen LogP contribution in [0.25, 0.3) is 11.2 Å². The molecule has 0 amide bonds. The second-order valence-corrected chi connectivity index (χ2v) is 7.07. The van der Waals surface area contributed by atoms with Crippen LogP contribution in [0.15, 0.2) is 11.1 Å². The number of nitrogens with one attached hydrogen (secondary N) is 2. The van der Waals surface area contributed by atoms with Crippen LogP contribution in [0.3, 0.4) is 0 Å². The normalized spacial score (nSPS) is 22.0. The molecule has 0 bridgehead atoms. The number of rotatable bonds is 5. The monoisotopic (exact) mass is 344 g/mol. The Morgan fingerprint density at radius 3 is 3.00 bits per heavy atom. The minimum atomic E-state index is -4.09. The van der Waals surface area contributed by atoms with Crippen molar-refractivity contribution in [1.29, 1.82) is 0 Å². The first-order chi connectivity index (χ1) is 10.8. The minimum Gasteiger partial charge on any atom is -0.374 e. The number of nitrogen functional groups attached to an aromatic ring is 1. The Balaban J connectivity index is 1.83. The number of H-pyrrole nitrogens is 1. The number of ether oxygens (including phenoxy) is 1. The molecule has 0 aliphatic carbocycles. The highest BCUT2D eigenvalue weighted by Crippen LogP contribution is 2.34. The molecule has 1 aliphatic heterocycles. The van der Waals surface area contributed by atoms with Crippen molar-refractivity contribution >= 4 is 24.7 Å². The Kier molecular flexibility index (Phi) is 4.21. The topological polar surface area (TPSA) is 168 Å². The number of imidazole rings is 1. The van der Waals surface area contributed by atoms with Gasteiger partial charge in [-0.3, -0.25) is 14.3 Å². The molecule has 11 nitrogen and oxygen atoms in total. The molecule has 23 heavy (non-hydrogen) atoms. The molecule has 0 saturated carbocycles. The lowest BCUT2D eigenvalue weighted by Crippen LogP contribution is -2.27. The lowest BCUT2D eigenvalue weighted by Gasteiger charge is -2.21. The van der Waals surface area contributed by atoms with Gasteiger partial charge in [-0.1, -0.05) is 0 Å². The standard InChI is InChI=1S/C11H17N6O5P/c12-11-15-9-8(10(18)16-11)14-5-17(9)6-3-13-4-7(6)22-1-2-23(19,20)21/h5-7,13H,1-4H2,(H2,19,20,21)(H3,12,15,16,18)/t6?,7-/m0/s1. The third-order valence-corrected chi connectivity index (χ3v) is 4.42. The van der Waals surface area contributed by atoms with Gasteiger partial charge < -0.3 is 30.1 Å². The van der Waals surface area contributed by atoms with Gasteiger partial charge in [0.05, 0.1) is 31.2 Å². The summed E-state index contributed by atoms with van der Waals surface area (Å²) in [4.78, 5) is 40.1. The van der Waals surface area contributed by atoms with Crippen LogP contribution in [-0.4, -0.2) is 61.3 Å². The van der Waals surface area contributed by atoms with Gasteiger partial charge in [-0.05, 0) is 0 Å². The number of aromatic nitrogens is 4. The van der Waals surface area contributed by atoms with E-state index in [0.29, 0.717) is 18.7 Å². The molecule has 0 aromatic carbocycles. The van der Waals surface area contributed by atoms with Crippen LogP contribution in [0.1, 0.15) is 6.04 Å². The molecule has 126 valence electrons. The highest BCUT2D eigenvalue weighted by atomic mass is 31.2. The smallest absolute Gasteiger partial charge is 0.327 e. The van der Waals surface area contributed by atoms with Crippen LogP contribution in [0.4, 0.5) is 5.95 Å². The molecule has 0 spiro atoms. The van der Waals surface area contributed by atoms with Gasteiger partial charge in [0.2, 0.25) is 5.95 Å². The van der Waals surface area contributed by atoms with Crippen molar-refractivity contribution in [3.05, 3.63) is 16.7 Å². The summed E-state index contributed by atoms with van der Waals surface area (Å²) in [5.41, 5.74) is 5.68. The molecule has 3 rings (SSSR count). The molecule has 2 aromatic heterocycles. The van der Waals surface area contributed by atoms with E-state index in [2.05, 4.69) is 20.3 Å². The van der Waals surface area contributed by atoms with E-state index in [1.165, 1.54) is 6.33 Å². The number of anilines is 1. The fraction of sp³-hybridized carbons (Fsp3) is 0.545. The highest BCUT2D eigenvalue weighted by Gasteiger charge is 2.31. The Bertz CT molecular complexity index is 813. The molecule has 2 aromatic rings. The Labute approximate surface area is 130 Å². The second kappa shape index (κ2) is 6.02. The molecular weight excluding hydrogens is 327 g/mol. The zero-order valence-electron chi connectivity index (χ0n) is 12.0. The summed E-state index contributed by atoms with van der Waals surface area (Å²) in [5, 5.41) is 3.14. The summed E-state index contributed by atoms with van der Waals surface area (Å²) in [6.07, 6.45) is 0.830. The molecule has 0 radical (unpaired) electrons. The van der Waals surface area contributed by atoms with Crippen molar-refractivity contribution in [2.24, 2.45) is 0 Å². The first-order valence-electron chi connectivity index (χ1n) is 6.94. The molecule has 2 atom stereocenters. The summed E-state index contributed by atoms with van der Waals surface area (Å²) < 4.78 is 18.2. The van der Waals surface area contributed by atoms with E-state index >= 15 is 0 Å². The van der Waals surface area contributed by atoms with E-state index in [0.717, 1.165) is 0 Å². The van der Waals surface area contributed by atoms with Crippen LogP contribution in [0.5, 0.6) is 0 Å². The van der Waals surface area contributed by atoms with Crippen molar-refractivity contribution in [3.63, 3.8) is 0 Å². The predicted octanol–water partition coefficient (Wildman–Crippen LogP) is -1.59. The van der Waals surface area contributed by atoms with Gasteiger partial charge >= 0.3 is 7.60 Å². The van der Waals surface area contributed by atoms with Crippen molar-refractivity contribution in [2.75, 3.05) is 31.6 Å². The van der Waals surface area contributed by atoms with E-state index in [1.54, 1.807) is 4.57 Å². The van der Waals surface area contributed by atoms with E-state index in [9.17, 15) is 9.36 Å². The zero-order valence-corrected chi connectivity index (χ0v) is 12.9. The predicted molar refractivity (Wildman–Crippen MR) is 81.1 cm³/mol. The summed E-state index contributed by atoms with van der Waals surface area (Å²) in [5.74, 6) is -0.00539. The number of fused-ring (bicyclic) bond motifs is 1. The zero-order chi connectivity index (χ0) is 16.6. The summed E-state index contributed by atoms with van der Waals surface area (Å²) in [7, 11) is -4.09. The maximum Gasteiger partial charge on any atom is 0.327 e. The number of nitrogens with zero attached hydrogens (tertiary/aromatic N) is 3. The number of nitrogens with two attached hydrogens (primary N) is 1. The maximum absolute atomic E-state index is 11.8. The second-order valence-electron chi connectivity index (χ2n) is 5.30. The lowest BCUT2D eigenvalue weighted by molar-refractivity contribution is 0.0504. The van der Waals surface area contributed by atoms with E-state index in [-0.39, 0.29) is 36.4 Å². The van der Waals surface area contributed by atoms with Crippen molar-refractivity contribution in [3.8, 4) is 0 Å². The Morgan fingerprint density at radius 1 is 1.48 bits per heavy atom. The largest absolute Gasteiger partial charge is 0.374 e. The van der Waals surface area contributed by atoms with Gasteiger partial charge in [-0.15, -0.1) is 0 Å². The van der Waals surface area contributed by atoms with Gasteiger partial charge in [-0.25, -0.2) is 4.98 Å². The van der Waals surface area contributed by atoms with Crippen LogP contribution in [0, 0.1) is 0 Å². The summed E-state index contributed by atoms with van der Waals surface area (Å²) >= 11 is 0. The van der Waals surface area contributed by atoms with Crippen LogP contribution in [0.2, 0.25) is 0 Å². The van der Waals surface area contributed by atoms with E-state index < -0.39 is 13.2 Å². The van der Waals surface area contributed by atoms with Crippen molar-refractivity contribution in [2.45, 2.75) is 12.1 Å². The average molecular weight is 344 g/mol. The Morgan fingerprint density at radius 2 is 2.26 bits per heavy atom. The minimum absolute atomic E-state index is 0.00539. The molecule has 6 N–H and O–H groups in total. The molecule has 3 heterocycles. The Hall–Kier alpha value is -1.78. The molecule has 1 aliphatic rings. The van der Waals surface area contributed by atoms with Gasteiger partial charge in [-0.2, -0.15) is 4.98 Å². The van der Waals surface area contributed by atoms with Crippen molar-refractivity contribution < 1.29 is 19.1 Å². The van der Waals surface area contributed by atoms with Gasteiger partial charge in [0, 0.05) is 13.1 Å². The fourth-order valence-corrected chi connectivity index (χ4v) is 2.94. The molecule has 12 heteroatoms. The SMILES string of the molecule is Nc1nc2c(ncn2C2CNC[C@@H]2OCCP(=O)(O)O)c(=O)[nH]1. The maximum atomic E-state index is 11.8. The molecule has 1 fully saturated rings. The number of hydrogen-bond acceptors (Lipinski definition) is 7. The third-order valence-electron chi connectivity index (χ3n) is 3.65. The van der Waals surface area contributed by atoms with E-state index in [4.69, 9.17) is 20.3 Å². The third kappa shape index (κ3) is 3.43. The van der Waals surface area contributed by atoms with E-state index in [1.807, 2.05) is 0 Å². The molecule has 1 saturated heterocycles. The first kappa shape index (κ1) is 16.1. The van der Waals surface area contributed by atoms with Crippen molar-refractivity contribution in [1.82, 2.24) is 24.8 Å². The van der Waals surface area contributed by atoms with Gasteiger partial charge in [0.15, 0.2) is 11.2 Å². The molecule has 1 unspecified atom stereocenters.